The minimum atomic E-state index is -0.107. The molecule has 2 rings (SSSR count). The van der Waals surface area contributed by atoms with Crippen LogP contribution in [0, 0.1) is 5.82 Å². The number of likely N-dealkylation sites (N-methyl/N-ethyl adjacent to an activating group) is 1. The number of hydrogen-bond donors (Lipinski definition) is 1. The first-order valence-electron chi connectivity index (χ1n) is 6.92. The molecule has 18 heavy (non-hydrogen) atoms. The van der Waals surface area contributed by atoms with Crippen LogP contribution in [0.15, 0.2) is 24.3 Å². The first-order chi connectivity index (χ1) is 8.76. The van der Waals surface area contributed by atoms with Crippen LogP contribution in [0.4, 0.5) is 4.39 Å². The maximum Gasteiger partial charge on any atom is 0.128 e. The van der Waals surface area contributed by atoms with E-state index >= 15 is 0 Å². The Morgan fingerprint density at radius 2 is 2.11 bits per heavy atom. The van der Waals surface area contributed by atoms with Crippen molar-refractivity contribution in [2.75, 3.05) is 20.1 Å². The lowest BCUT2D eigenvalue weighted by Crippen LogP contribution is -2.36. The van der Waals surface area contributed by atoms with E-state index in [1.165, 1.54) is 12.8 Å². The molecular weight excluding hydrogens is 227 g/mol. The Labute approximate surface area is 109 Å². The molecule has 0 heterocycles. The second-order valence-corrected chi connectivity index (χ2v) is 5.09. The molecule has 0 amide bonds. The van der Waals surface area contributed by atoms with Crippen molar-refractivity contribution in [3.63, 3.8) is 0 Å². The highest BCUT2D eigenvalue weighted by Gasteiger charge is 2.30. The zero-order valence-corrected chi connectivity index (χ0v) is 11.3. The van der Waals surface area contributed by atoms with Gasteiger partial charge in [0.2, 0.25) is 0 Å². The van der Waals surface area contributed by atoms with E-state index < -0.39 is 0 Å². The Hall–Kier alpha value is -0.930. The third kappa shape index (κ3) is 3.30. The van der Waals surface area contributed by atoms with Gasteiger partial charge in [0, 0.05) is 24.2 Å². The van der Waals surface area contributed by atoms with Gasteiger partial charge in [-0.25, -0.2) is 4.39 Å². The third-order valence-corrected chi connectivity index (χ3v) is 3.62. The molecule has 1 N–H and O–H groups in total. The minimum Gasteiger partial charge on any atom is -0.312 e. The zero-order chi connectivity index (χ0) is 13.0. The second kappa shape index (κ2) is 6.30. The maximum absolute atomic E-state index is 13.8. The minimum absolute atomic E-state index is 0.0818. The molecule has 0 bridgehead atoms. The molecule has 1 fully saturated rings. The summed E-state index contributed by atoms with van der Waals surface area (Å²) < 4.78 is 13.8. The van der Waals surface area contributed by atoms with E-state index in [1.54, 1.807) is 12.1 Å². The first-order valence-corrected chi connectivity index (χ1v) is 6.92. The van der Waals surface area contributed by atoms with Crippen molar-refractivity contribution in [3.8, 4) is 0 Å². The Kier molecular flexibility index (Phi) is 4.72. The van der Waals surface area contributed by atoms with Crippen LogP contribution in [0.3, 0.4) is 0 Å². The molecule has 2 nitrogen and oxygen atoms in total. The van der Waals surface area contributed by atoms with Gasteiger partial charge in [-0.1, -0.05) is 25.1 Å². The van der Waals surface area contributed by atoms with Crippen LogP contribution in [-0.2, 0) is 0 Å². The fourth-order valence-corrected chi connectivity index (χ4v) is 2.49. The van der Waals surface area contributed by atoms with Gasteiger partial charge in [0.25, 0.3) is 0 Å². The molecule has 0 spiro atoms. The van der Waals surface area contributed by atoms with Gasteiger partial charge >= 0.3 is 0 Å². The SMILES string of the molecule is CCCN(CC(NC)c1ccccc1F)C1CC1. The number of halogens is 1. The predicted octanol–water partition coefficient (Wildman–Crippen LogP) is 2.96. The van der Waals surface area contributed by atoms with Crippen LogP contribution >= 0.6 is 0 Å². The van der Waals surface area contributed by atoms with E-state index in [0.29, 0.717) is 0 Å². The summed E-state index contributed by atoms with van der Waals surface area (Å²) in [7, 11) is 1.91. The average molecular weight is 250 g/mol. The molecule has 1 aromatic carbocycles. The lowest BCUT2D eigenvalue weighted by molar-refractivity contribution is 0.235. The van der Waals surface area contributed by atoms with Gasteiger partial charge in [0.05, 0.1) is 0 Å². The van der Waals surface area contributed by atoms with E-state index in [0.717, 1.165) is 31.1 Å². The van der Waals surface area contributed by atoms with E-state index in [1.807, 2.05) is 19.2 Å². The molecule has 0 aliphatic heterocycles. The summed E-state index contributed by atoms with van der Waals surface area (Å²) in [6.45, 7) is 4.21. The standard InChI is InChI=1S/C15H23FN2/c1-3-10-18(12-8-9-12)11-15(17-2)13-6-4-5-7-14(13)16/h4-7,12,15,17H,3,8-11H2,1-2H3. The molecule has 100 valence electrons. The van der Waals surface area contributed by atoms with Crippen molar-refractivity contribution in [3.05, 3.63) is 35.6 Å². The lowest BCUT2D eigenvalue weighted by Gasteiger charge is -2.27. The van der Waals surface area contributed by atoms with Crippen LogP contribution in [-0.4, -0.2) is 31.1 Å². The highest BCUT2D eigenvalue weighted by atomic mass is 19.1. The van der Waals surface area contributed by atoms with Crippen molar-refractivity contribution in [1.29, 1.82) is 0 Å². The van der Waals surface area contributed by atoms with Gasteiger partial charge < -0.3 is 5.32 Å². The van der Waals surface area contributed by atoms with Crippen molar-refractivity contribution < 1.29 is 4.39 Å². The fraction of sp³-hybridized carbons (Fsp3) is 0.600. The molecule has 0 radical (unpaired) electrons. The largest absolute Gasteiger partial charge is 0.312 e. The third-order valence-electron chi connectivity index (χ3n) is 3.62. The van der Waals surface area contributed by atoms with Crippen molar-refractivity contribution in [2.24, 2.45) is 0 Å². The first kappa shape index (κ1) is 13.5. The number of nitrogens with one attached hydrogen (secondary N) is 1. The molecule has 1 saturated carbocycles. The molecule has 1 aromatic rings. The van der Waals surface area contributed by atoms with E-state index in [9.17, 15) is 4.39 Å². The molecule has 3 heteroatoms. The molecule has 1 unspecified atom stereocenters. The van der Waals surface area contributed by atoms with E-state index in [-0.39, 0.29) is 11.9 Å². The average Bonchev–Trinajstić information content (AvgIpc) is 3.20. The van der Waals surface area contributed by atoms with Crippen LogP contribution in [0.1, 0.15) is 37.8 Å². The summed E-state index contributed by atoms with van der Waals surface area (Å²) in [4.78, 5) is 2.49. The van der Waals surface area contributed by atoms with Crippen LogP contribution in [0.25, 0.3) is 0 Å². The molecule has 1 atom stereocenters. The van der Waals surface area contributed by atoms with Crippen molar-refractivity contribution in [2.45, 2.75) is 38.3 Å². The smallest absolute Gasteiger partial charge is 0.128 e. The Morgan fingerprint density at radius 3 is 2.67 bits per heavy atom. The number of benzene rings is 1. The summed E-state index contributed by atoms with van der Waals surface area (Å²) in [5.41, 5.74) is 0.779. The Morgan fingerprint density at radius 1 is 1.39 bits per heavy atom. The summed E-state index contributed by atoms with van der Waals surface area (Å²) >= 11 is 0. The molecule has 1 aliphatic rings. The maximum atomic E-state index is 13.8. The predicted molar refractivity (Wildman–Crippen MR) is 73.1 cm³/mol. The number of nitrogens with zero attached hydrogens (tertiary/aromatic N) is 1. The van der Waals surface area contributed by atoms with Gasteiger partial charge in [-0.3, -0.25) is 4.90 Å². The highest BCUT2D eigenvalue weighted by molar-refractivity contribution is 5.21. The second-order valence-electron chi connectivity index (χ2n) is 5.09. The monoisotopic (exact) mass is 250 g/mol. The molecular formula is C15H23FN2. The summed E-state index contributed by atoms with van der Waals surface area (Å²) in [5.74, 6) is -0.107. The van der Waals surface area contributed by atoms with Gasteiger partial charge in [-0.2, -0.15) is 0 Å². The topological polar surface area (TPSA) is 15.3 Å². The van der Waals surface area contributed by atoms with Crippen LogP contribution in [0.5, 0.6) is 0 Å². The quantitative estimate of drug-likeness (QED) is 0.800. The van der Waals surface area contributed by atoms with Gasteiger partial charge in [-0.15, -0.1) is 0 Å². The van der Waals surface area contributed by atoms with Gasteiger partial charge in [0.15, 0.2) is 0 Å². The van der Waals surface area contributed by atoms with Crippen LogP contribution in [0.2, 0.25) is 0 Å². The zero-order valence-electron chi connectivity index (χ0n) is 11.3. The molecule has 1 aliphatic carbocycles. The summed E-state index contributed by atoms with van der Waals surface area (Å²) in [6.07, 6.45) is 3.76. The lowest BCUT2D eigenvalue weighted by atomic mass is 10.1. The summed E-state index contributed by atoms with van der Waals surface area (Å²) in [6, 6.07) is 7.89. The van der Waals surface area contributed by atoms with Gasteiger partial charge in [0.1, 0.15) is 5.82 Å². The van der Waals surface area contributed by atoms with E-state index in [2.05, 4.69) is 17.1 Å². The summed E-state index contributed by atoms with van der Waals surface area (Å²) in [5, 5.41) is 3.25. The van der Waals surface area contributed by atoms with Crippen molar-refractivity contribution in [1.82, 2.24) is 10.2 Å². The Bertz CT molecular complexity index is 377. The molecule has 0 aromatic heterocycles. The van der Waals surface area contributed by atoms with Crippen LogP contribution < -0.4 is 5.32 Å². The Balaban J connectivity index is 2.06. The number of hydrogen-bond acceptors (Lipinski definition) is 2. The fourth-order valence-electron chi connectivity index (χ4n) is 2.49. The highest BCUT2D eigenvalue weighted by Crippen LogP contribution is 2.29. The van der Waals surface area contributed by atoms with E-state index in [4.69, 9.17) is 0 Å². The molecule has 0 saturated heterocycles. The number of rotatable bonds is 7. The van der Waals surface area contributed by atoms with Gasteiger partial charge in [-0.05, 0) is 38.9 Å². The van der Waals surface area contributed by atoms with Crippen molar-refractivity contribution >= 4 is 0 Å². The normalized spacial score (nSPS) is 17.1.